The van der Waals surface area contributed by atoms with Crippen LogP contribution in [0.15, 0.2) is 71.7 Å². The van der Waals surface area contributed by atoms with Gasteiger partial charge >= 0.3 is 0 Å². The lowest BCUT2D eigenvalue weighted by molar-refractivity contribution is -0.118. The van der Waals surface area contributed by atoms with Gasteiger partial charge in [0.2, 0.25) is 0 Å². The highest BCUT2D eigenvalue weighted by atomic mass is 19.1. The molecule has 2 aromatic rings. The first-order valence-electron chi connectivity index (χ1n) is 10.8. The van der Waals surface area contributed by atoms with Gasteiger partial charge in [0.1, 0.15) is 11.5 Å². The lowest BCUT2D eigenvalue weighted by Gasteiger charge is -2.32. The third-order valence-electron chi connectivity index (χ3n) is 5.33. The summed E-state index contributed by atoms with van der Waals surface area (Å²) in [6.07, 6.45) is 2.25. The van der Waals surface area contributed by atoms with Crippen molar-refractivity contribution in [3.05, 3.63) is 94.2 Å². The molecular formula is C26H30FN3O2. The third-order valence-corrected chi connectivity index (χ3v) is 5.33. The van der Waals surface area contributed by atoms with Crippen LogP contribution < -0.4 is 10.6 Å². The standard InChI is InChI=1S/C26H30FN3O2/c1-18(2)20-6-4-7-21(16-20)24-13-12-23(28-3)25(26(32)29-14-5-15-31)30(24)17-19-8-10-22(27)11-9-19/h4,6-12,16,18,28,31H,5,14-15,17H2,1-3H3,(H,29,32). The van der Waals surface area contributed by atoms with E-state index in [9.17, 15) is 9.18 Å². The molecule has 2 aromatic carbocycles. The van der Waals surface area contributed by atoms with Crippen LogP contribution >= 0.6 is 0 Å². The Bertz CT molecular complexity index is 1050. The van der Waals surface area contributed by atoms with Crippen molar-refractivity contribution >= 4 is 11.6 Å². The number of halogens is 1. The summed E-state index contributed by atoms with van der Waals surface area (Å²) in [6, 6.07) is 14.5. The summed E-state index contributed by atoms with van der Waals surface area (Å²) >= 11 is 0. The number of carbonyl (C=O) groups is 1. The Balaban J connectivity index is 2.06. The molecule has 0 atom stereocenters. The molecule has 1 heterocycles. The number of hydrogen-bond acceptors (Lipinski definition) is 4. The average molecular weight is 436 g/mol. The zero-order valence-electron chi connectivity index (χ0n) is 18.8. The van der Waals surface area contributed by atoms with Gasteiger partial charge in [-0.1, -0.05) is 49.9 Å². The van der Waals surface area contributed by atoms with Gasteiger partial charge in [0, 0.05) is 38.4 Å². The van der Waals surface area contributed by atoms with E-state index in [4.69, 9.17) is 5.11 Å². The molecule has 1 amide bonds. The molecule has 0 bridgehead atoms. The van der Waals surface area contributed by atoms with Crippen molar-refractivity contribution in [3.63, 3.8) is 0 Å². The van der Waals surface area contributed by atoms with Crippen molar-refractivity contribution in [1.29, 1.82) is 0 Å². The van der Waals surface area contributed by atoms with E-state index in [0.717, 1.165) is 16.8 Å². The fourth-order valence-electron chi connectivity index (χ4n) is 3.56. The lowest BCUT2D eigenvalue weighted by atomic mass is 9.98. The minimum Gasteiger partial charge on any atom is -0.396 e. The summed E-state index contributed by atoms with van der Waals surface area (Å²) in [5, 5.41) is 15.1. The first kappa shape index (κ1) is 23.3. The predicted molar refractivity (Wildman–Crippen MR) is 125 cm³/mol. The number of carbonyl (C=O) groups excluding carboxylic acids is 1. The topological polar surface area (TPSA) is 64.6 Å². The minimum absolute atomic E-state index is 0.00452. The number of allylic oxidation sites excluding steroid dienone is 1. The van der Waals surface area contributed by atoms with E-state index in [2.05, 4.69) is 42.3 Å². The summed E-state index contributed by atoms with van der Waals surface area (Å²) in [5.74, 6) is -0.195. The van der Waals surface area contributed by atoms with Crippen LogP contribution in [-0.4, -0.2) is 36.1 Å². The van der Waals surface area contributed by atoms with Gasteiger partial charge in [-0.2, -0.15) is 0 Å². The number of nitrogens with zero attached hydrogens (tertiary/aromatic N) is 1. The number of hydrogen-bond donors (Lipinski definition) is 3. The minimum atomic E-state index is -0.305. The number of amides is 1. The maximum atomic E-state index is 13.5. The summed E-state index contributed by atoms with van der Waals surface area (Å²) < 4.78 is 13.5. The van der Waals surface area contributed by atoms with Crippen LogP contribution in [-0.2, 0) is 11.3 Å². The molecule has 0 spiro atoms. The summed E-state index contributed by atoms with van der Waals surface area (Å²) in [6.45, 7) is 5.02. The van der Waals surface area contributed by atoms with Gasteiger partial charge in [-0.25, -0.2) is 4.39 Å². The largest absolute Gasteiger partial charge is 0.396 e. The smallest absolute Gasteiger partial charge is 0.270 e. The van der Waals surface area contributed by atoms with Crippen LogP contribution in [0.4, 0.5) is 4.39 Å². The van der Waals surface area contributed by atoms with Gasteiger partial charge < -0.3 is 20.6 Å². The number of aliphatic hydroxyl groups excluding tert-OH is 1. The molecule has 0 unspecified atom stereocenters. The van der Waals surface area contributed by atoms with E-state index in [1.807, 2.05) is 17.0 Å². The quantitative estimate of drug-likeness (QED) is 0.413. The molecule has 6 heteroatoms. The summed E-state index contributed by atoms with van der Waals surface area (Å²) in [7, 11) is 1.76. The van der Waals surface area contributed by atoms with Gasteiger partial charge in [-0.05, 0) is 41.7 Å². The van der Waals surface area contributed by atoms with Crippen molar-refractivity contribution in [3.8, 4) is 0 Å². The van der Waals surface area contributed by atoms with Gasteiger partial charge in [-0.15, -0.1) is 0 Å². The van der Waals surface area contributed by atoms with E-state index in [0.29, 0.717) is 36.8 Å². The lowest BCUT2D eigenvalue weighted by Crippen LogP contribution is -2.38. The fourth-order valence-corrected chi connectivity index (χ4v) is 3.56. The SMILES string of the molecule is CNC1=C(C(=O)NCCCO)N(Cc2ccc(F)cc2)C(c2cccc(C(C)C)c2)=C=C1. The Morgan fingerprint density at radius 3 is 2.59 bits per heavy atom. The van der Waals surface area contributed by atoms with Gasteiger partial charge in [0.05, 0.1) is 11.4 Å². The number of rotatable bonds is 9. The second-order valence-electron chi connectivity index (χ2n) is 7.98. The first-order valence-corrected chi connectivity index (χ1v) is 10.8. The van der Waals surface area contributed by atoms with Crippen LogP contribution in [0.25, 0.3) is 5.70 Å². The van der Waals surface area contributed by atoms with Gasteiger partial charge in [0.25, 0.3) is 5.91 Å². The van der Waals surface area contributed by atoms with E-state index in [1.165, 1.54) is 17.7 Å². The van der Waals surface area contributed by atoms with Crippen LogP contribution in [0.5, 0.6) is 0 Å². The Morgan fingerprint density at radius 2 is 1.94 bits per heavy atom. The predicted octanol–water partition coefficient (Wildman–Crippen LogP) is 3.89. The monoisotopic (exact) mass is 435 g/mol. The molecule has 0 aliphatic carbocycles. The van der Waals surface area contributed by atoms with Gasteiger partial charge in [-0.3, -0.25) is 4.79 Å². The molecule has 3 N–H and O–H groups in total. The molecule has 0 radical (unpaired) electrons. The molecule has 32 heavy (non-hydrogen) atoms. The first-order chi connectivity index (χ1) is 15.4. The van der Waals surface area contributed by atoms with Crippen molar-refractivity contribution < 1.29 is 14.3 Å². The second kappa shape index (κ2) is 10.8. The third kappa shape index (κ3) is 5.47. The van der Waals surface area contributed by atoms with Crippen molar-refractivity contribution in [2.45, 2.75) is 32.7 Å². The van der Waals surface area contributed by atoms with E-state index >= 15 is 0 Å². The summed E-state index contributed by atoms with van der Waals surface area (Å²) in [4.78, 5) is 15.1. The average Bonchev–Trinajstić information content (AvgIpc) is 2.80. The Hall–Kier alpha value is -3.34. The zero-order chi connectivity index (χ0) is 23.1. The molecule has 0 saturated carbocycles. The molecular weight excluding hydrogens is 405 g/mol. The number of aliphatic hydroxyl groups is 1. The maximum Gasteiger partial charge on any atom is 0.270 e. The number of benzene rings is 2. The maximum absolute atomic E-state index is 13.5. The van der Waals surface area contributed by atoms with Crippen molar-refractivity contribution in [2.24, 2.45) is 0 Å². The van der Waals surface area contributed by atoms with Crippen LogP contribution in [0.2, 0.25) is 0 Å². The molecule has 5 nitrogen and oxygen atoms in total. The second-order valence-corrected chi connectivity index (χ2v) is 7.98. The summed E-state index contributed by atoms with van der Waals surface area (Å²) in [5.41, 5.74) is 8.20. The normalized spacial score (nSPS) is 13.4. The van der Waals surface area contributed by atoms with Crippen molar-refractivity contribution in [2.75, 3.05) is 20.2 Å². The Labute approximate surface area is 189 Å². The van der Waals surface area contributed by atoms with Crippen LogP contribution in [0.1, 0.15) is 42.9 Å². The van der Waals surface area contributed by atoms with Crippen molar-refractivity contribution in [1.82, 2.24) is 15.5 Å². The molecule has 1 aliphatic heterocycles. The highest BCUT2D eigenvalue weighted by Crippen LogP contribution is 2.31. The Morgan fingerprint density at radius 1 is 1.19 bits per heavy atom. The van der Waals surface area contributed by atoms with Crippen LogP contribution in [0.3, 0.4) is 0 Å². The number of nitrogens with one attached hydrogen (secondary N) is 2. The van der Waals surface area contributed by atoms with E-state index in [1.54, 1.807) is 25.3 Å². The molecule has 3 rings (SSSR count). The molecule has 0 saturated heterocycles. The zero-order valence-corrected chi connectivity index (χ0v) is 18.8. The van der Waals surface area contributed by atoms with Gasteiger partial charge in [0.15, 0.2) is 0 Å². The fraction of sp³-hybridized carbons (Fsp3) is 0.308. The molecule has 1 aliphatic rings. The highest BCUT2D eigenvalue weighted by molar-refractivity contribution is 5.96. The molecule has 0 fully saturated rings. The number of likely N-dealkylation sites (N-methyl/N-ethyl adjacent to an activating group) is 1. The van der Waals surface area contributed by atoms with E-state index < -0.39 is 0 Å². The van der Waals surface area contributed by atoms with Crippen LogP contribution in [0, 0.1) is 5.82 Å². The van der Waals surface area contributed by atoms with E-state index in [-0.39, 0.29) is 18.3 Å². The highest BCUT2D eigenvalue weighted by Gasteiger charge is 2.27. The molecule has 0 aromatic heterocycles. The molecule has 168 valence electrons. The Kier molecular flexibility index (Phi) is 7.87.